The highest BCUT2D eigenvalue weighted by atomic mass is 79.9. The number of benzene rings is 1. The molecular weight excluding hydrogens is 563 g/mol. The summed E-state index contributed by atoms with van der Waals surface area (Å²) in [7, 11) is 0. The Balaban J connectivity index is 1.78. The third-order valence-electron chi connectivity index (χ3n) is 6.33. The zero-order valence-electron chi connectivity index (χ0n) is 21.2. The molecule has 1 saturated heterocycles. The van der Waals surface area contributed by atoms with Crippen LogP contribution in [0.25, 0.3) is 0 Å². The molecule has 0 bridgehead atoms. The van der Waals surface area contributed by atoms with Gasteiger partial charge in [-0.15, -0.1) is 11.3 Å². The monoisotopic (exact) mass is 592 g/mol. The number of allylic oxidation sites excluding steroid dienone is 1. The van der Waals surface area contributed by atoms with Crippen LogP contribution >= 0.6 is 27.3 Å². The van der Waals surface area contributed by atoms with E-state index in [-0.39, 0.29) is 22.1 Å². The Morgan fingerprint density at radius 2 is 1.97 bits per heavy atom. The molecule has 0 saturated carbocycles. The SMILES string of the molecule is CCN1C(c2nccs2)=NC(c2cccc(F)c2Br)C(C(=O)O)=C1C1CCN(C(=O)OC(C)(C)C)CC1. The molecule has 0 spiro atoms. The minimum atomic E-state index is -1.11. The summed E-state index contributed by atoms with van der Waals surface area (Å²) in [6.45, 7) is 8.77. The molecule has 8 nitrogen and oxygen atoms in total. The van der Waals surface area contributed by atoms with Crippen molar-refractivity contribution in [1.82, 2.24) is 14.8 Å². The van der Waals surface area contributed by atoms with Crippen LogP contribution in [0.15, 0.2) is 50.5 Å². The van der Waals surface area contributed by atoms with E-state index in [1.807, 2.05) is 38.0 Å². The predicted molar refractivity (Wildman–Crippen MR) is 143 cm³/mol. The molecule has 4 rings (SSSR count). The normalized spacial score (nSPS) is 19.2. The second-order valence-electron chi connectivity index (χ2n) is 9.93. The lowest BCUT2D eigenvalue weighted by Crippen LogP contribution is -2.46. The van der Waals surface area contributed by atoms with Crippen LogP contribution in [0.1, 0.15) is 57.1 Å². The van der Waals surface area contributed by atoms with Gasteiger partial charge in [-0.25, -0.2) is 19.0 Å². The number of thiazole rings is 1. The van der Waals surface area contributed by atoms with Crippen LogP contribution in [0.3, 0.4) is 0 Å². The van der Waals surface area contributed by atoms with Gasteiger partial charge in [-0.2, -0.15) is 0 Å². The highest BCUT2D eigenvalue weighted by Gasteiger charge is 2.41. The Morgan fingerprint density at radius 3 is 2.54 bits per heavy atom. The first-order valence-corrected chi connectivity index (χ1v) is 13.8. The van der Waals surface area contributed by atoms with E-state index in [0.29, 0.717) is 54.6 Å². The highest BCUT2D eigenvalue weighted by Crippen LogP contribution is 2.43. The van der Waals surface area contributed by atoms with Gasteiger partial charge in [0.05, 0.1) is 10.0 Å². The lowest BCUT2D eigenvalue weighted by atomic mass is 9.85. The quantitative estimate of drug-likeness (QED) is 0.467. The van der Waals surface area contributed by atoms with Gasteiger partial charge in [-0.05, 0) is 68.1 Å². The Kier molecular flexibility index (Phi) is 8.03. The molecule has 11 heteroatoms. The number of halogens is 2. The number of hydrogen-bond donors (Lipinski definition) is 1. The van der Waals surface area contributed by atoms with Gasteiger partial charge in [-0.1, -0.05) is 12.1 Å². The first-order valence-electron chi connectivity index (χ1n) is 12.2. The Bertz CT molecular complexity index is 1230. The van der Waals surface area contributed by atoms with E-state index in [1.165, 1.54) is 17.4 Å². The van der Waals surface area contributed by atoms with E-state index >= 15 is 0 Å². The van der Waals surface area contributed by atoms with Crippen molar-refractivity contribution in [2.45, 2.75) is 52.2 Å². The number of likely N-dealkylation sites (tertiary alicyclic amines) is 1. The van der Waals surface area contributed by atoms with E-state index in [1.54, 1.807) is 23.2 Å². The molecule has 1 N–H and O–H groups in total. The predicted octanol–water partition coefficient (Wildman–Crippen LogP) is 5.85. The van der Waals surface area contributed by atoms with Crippen molar-refractivity contribution in [1.29, 1.82) is 0 Å². The number of piperidine rings is 1. The van der Waals surface area contributed by atoms with Crippen molar-refractivity contribution >= 4 is 45.2 Å². The largest absolute Gasteiger partial charge is 0.478 e. The van der Waals surface area contributed by atoms with E-state index < -0.39 is 23.4 Å². The fourth-order valence-electron chi connectivity index (χ4n) is 4.77. The average molecular weight is 594 g/mol. The highest BCUT2D eigenvalue weighted by molar-refractivity contribution is 9.10. The first kappa shape index (κ1) is 27.3. The van der Waals surface area contributed by atoms with Gasteiger partial charge in [0, 0.05) is 42.8 Å². The molecule has 1 aromatic heterocycles. The van der Waals surface area contributed by atoms with Gasteiger partial charge in [-0.3, -0.25) is 4.99 Å². The number of amides is 1. The third-order valence-corrected chi connectivity index (χ3v) is 7.93. The Hall–Kier alpha value is -2.79. The molecule has 0 aliphatic carbocycles. The van der Waals surface area contributed by atoms with Gasteiger partial charge in [0.25, 0.3) is 0 Å². The molecule has 1 fully saturated rings. The van der Waals surface area contributed by atoms with Crippen LogP contribution in [0.2, 0.25) is 0 Å². The zero-order valence-corrected chi connectivity index (χ0v) is 23.6. The smallest absolute Gasteiger partial charge is 0.410 e. The van der Waals surface area contributed by atoms with Crippen molar-refractivity contribution in [3.8, 4) is 0 Å². The number of nitrogens with zero attached hydrogens (tertiary/aromatic N) is 4. The van der Waals surface area contributed by atoms with Crippen LogP contribution in [-0.4, -0.2) is 63.0 Å². The van der Waals surface area contributed by atoms with E-state index in [9.17, 15) is 19.1 Å². The summed E-state index contributed by atoms with van der Waals surface area (Å²) in [5.74, 6) is -1.18. The molecule has 2 aliphatic rings. The van der Waals surface area contributed by atoms with E-state index in [2.05, 4.69) is 20.9 Å². The number of carboxylic acids is 1. The van der Waals surface area contributed by atoms with Gasteiger partial charge in [0.1, 0.15) is 17.5 Å². The van der Waals surface area contributed by atoms with Crippen LogP contribution in [0.5, 0.6) is 0 Å². The Labute approximate surface area is 228 Å². The van der Waals surface area contributed by atoms with Crippen LogP contribution < -0.4 is 0 Å². The molecule has 37 heavy (non-hydrogen) atoms. The molecule has 1 atom stereocenters. The molecule has 2 aromatic rings. The molecule has 198 valence electrons. The van der Waals surface area contributed by atoms with Gasteiger partial charge < -0.3 is 19.6 Å². The maximum atomic E-state index is 14.5. The molecular formula is C26H30BrFN4O4S. The third kappa shape index (κ3) is 5.72. The molecule has 0 radical (unpaired) electrons. The number of hydrogen-bond acceptors (Lipinski definition) is 7. The van der Waals surface area contributed by atoms with Gasteiger partial charge in [0.15, 0.2) is 10.8 Å². The van der Waals surface area contributed by atoms with Crippen LogP contribution in [0, 0.1) is 11.7 Å². The molecule has 2 aliphatic heterocycles. The number of aromatic nitrogens is 1. The topological polar surface area (TPSA) is 95.3 Å². The van der Waals surface area contributed by atoms with Crippen LogP contribution in [0.4, 0.5) is 9.18 Å². The second-order valence-corrected chi connectivity index (χ2v) is 11.6. The van der Waals surface area contributed by atoms with Crippen molar-refractivity contribution in [3.05, 3.63) is 61.9 Å². The minimum Gasteiger partial charge on any atom is -0.478 e. The summed E-state index contributed by atoms with van der Waals surface area (Å²) in [5.41, 5.74) is 0.593. The standard InChI is InChI=1S/C26H30BrFN4O4S/c1-5-32-21(15-9-12-31(13-10-15)25(35)36-26(2,3)4)18(24(33)34)20(16-7-6-8-17(28)19(16)27)30-22(32)23-29-11-14-37-23/h6-8,11,14-15,20H,5,9-10,12-13H2,1-4H3,(H,33,34). The number of amidine groups is 1. The first-order chi connectivity index (χ1) is 17.5. The van der Waals surface area contributed by atoms with Gasteiger partial charge in [0.2, 0.25) is 0 Å². The number of carbonyl (C=O) groups excluding carboxylic acids is 1. The lowest BCUT2D eigenvalue weighted by Gasteiger charge is -2.41. The lowest BCUT2D eigenvalue weighted by molar-refractivity contribution is -0.133. The summed E-state index contributed by atoms with van der Waals surface area (Å²) >= 11 is 4.72. The number of rotatable bonds is 5. The number of aliphatic carboxylic acids is 1. The number of aliphatic imine (C=N–C) groups is 1. The maximum Gasteiger partial charge on any atom is 0.410 e. The minimum absolute atomic E-state index is 0.115. The van der Waals surface area contributed by atoms with E-state index in [4.69, 9.17) is 9.73 Å². The van der Waals surface area contributed by atoms with E-state index in [0.717, 1.165) is 0 Å². The molecule has 1 unspecified atom stereocenters. The van der Waals surface area contributed by atoms with Crippen molar-refractivity contribution in [3.63, 3.8) is 0 Å². The summed E-state index contributed by atoms with van der Waals surface area (Å²) in [6.07, 6.45) is 2.42. The van der Waals surface area contributed by atoms with Gasteiger partial charge >= 0.3 is 12.1 Å². The Morgan fingerprint density at radius 1 is 1.27 bits per heavy atom. The number of carboxylic acid groups (broad SMARTS) is 1. The number of ether oxygens (including phenoxy) is 1. The second kappa shape index (κ2) is 10.9. The fraction of sp³-hybridized carbons (Fsp3) is 0.462. The molecule has 1 aromatic carbocycles. The molecule has 1 amide bonds. The zero-order chi connectivity index (χ0) is 26.9. The van der Waals surface area contributed by atoms with Crippen LogP contribution in [-0.2, 0) is 9.53 Å². The number of carbonyl (C=O) groups is 2. The summed E-state index contributed by atoms with van der Waals surface area (Å²) in [4.78, 5) is 38.3. The fourth-order valence-corrected chi connectivity index (χ4v) is 5.89. The summed E-state index contributed by atoms with van der Waals surface area (Å²) in [5, 5.41) is 13.0. The maximum absolute atomic E-state index is 14.5. The van der Waals surface area contributed by atoms with Crippen molar-refractivity contribution < 1.29 is 23.8 Å². The summed E-state index contributed by atoms with van der Waals surface area (Å²) < 4.78 is 20.2. The average Bonchev–Trinajstić information content (AvgIpc) is 3.38. The summed E-state index contributed by atoms with van der Waals surface area (Å²) in [6, 6.07) is 3.63. The molecule has 3 heterocycles. The van der Waals surface area contributed by atoms with Crippen molar-refractivity contribution in [2.75, 3.05) is 19.6 Å². The van der Waals surface area contributed by atoms with Crippen molar-refractivity contribution in [2.24, 2.45) is 10.9 Å².